The van der Waals surface area contributed by atoms with E-state index in [1.807, 2.05) is 48.5 Å². The molecule has 0 bridgehead atoms. The van der Waals surface area contributed by atoms with Crippen LogP contribution in [0.25, 0.3) is 53.6 Å². The van der Waals surface area contributed by atoms with Crippen LogP contribution in [0.2, 0.25) is 10.2 Å². The minimum Gasteiger partial charge on any atom is -0.456 e. The maximum atomic E-state index is 6.57. The highest BCUT2D eigenvalue weighted by molar-refractivity contribution is 7.26. The lowest BCUT2D eigenvalue weighted by molar-refractivity contribution is 0.669. The van der Waals surface area contributed by atoms with Crippen LogP contribution in [0, 0.1) is 0 Å². The van der Waals surface area contributed by atoms with Gasteiger partial charge in [-0.2, -0.15) is 0 Å². The molecule has 0 aliphatic heterocycles. The number of benzene rings is 3. The summed E-state index contributed by atoms with van der Waals surface area (Å²) in [5, 5.41) is 4.13. The highest BCUT2D eigenvalue weighted by Crippen LogP contribution is 2.40. The van der Waals surface area contributed by atoms with Crippen molar-refractivity contribution in [2.45, 2.75) is 0 Å². The van der Waals surface area contributed by atoms with E-state index in [1.165, 1.54) is 0 Å². The zero-order chi connectivity index (χ0) is 18.8. The van der Waals surface area contributed by atoms with Gasteiger partial charge in [-0.25, -0.2) is 9.97 Å². The Kier molecular flexibility index (Phi) is 3.45. The topological polar surface area (TPSA) is 38.9 Å². The second-order valence-electron chi connectivity index (χ2n) is 6.54. The van der Waals surface area contributed by atoms with Crippen LogP contribution in [-0.4, -0.2) is 9.97 Å². The first kappa shape index (κ1) is 16.3. The Bertz CT molecular complexity index is 1550. The Morgan fingerprint density at radius 3 is 2.64 bits per heavy atom. The summed E-state index contributed by atoms with van der Waals surface area (Å²) in [7, 11) is 0. The molecule has 0 radical (unpaired) electrons. The van der Waals surface area contributed by atoms with Crippen molar-refractivity contribution < 1.29 is 4.42 Å². The van der Waals surface area contributed by atoms with Crippen LogP contribution in [0.4, 0.5) is 0 Å². The SMILES string of the molecule is Clc1ccc2c(c1)oc1cccc(-c3nc(Cl)c4sc5ccccc5c4n3)c12. The lowest BCUT2D eigenvalue weighted by Gasteiger charge is -2.04. The van der Waals surface area contributed by atoms with E-state index in [2.05, 4.69) is 17.1 Å². The van der Waals surface area contributed by atoms with Crippen LogP contribution >= 0.6 is 34.5 Å². The van der Waals surface area contributed by atoms with Crippen LogP contribution in [0.15, 0.2) is 65.1 Å². The lowest BCUT2D eigenvalue weighted by Crippen LogP contribution is -1.91. The van der Waals surface area contributed by atoms with E-state index in [-0.39, 0.29) is 0 Å². The molecule has 3 nitrogen and oxygen atoms in total. The number of nitrogens with zero attached hydrogens (tertiary/aromatic N) is 2. The van der Waals surface area contributed by atoms with Crippen molar-refractivity contribution in [3.63, 3.8) is 0 Å². The van der Waals surface area contributed by atoms with E-state index in [1.54, 1.807) is 11.3 Å². The molecule has 0 aliphatic rings. The van der Waals surface area contributed by atoms with E-state index in [0.717, 1.165) is 47.8 Å². The number of hydrogen-bond acceptors (Lipinski definition) is 4. The van der Waals surface area contributed by atoms with Gasteiger partial charge in [0, 0.05) is 37.5 Å². The van der Waals surface area contributed by atoms with E-state index >= 15 is 0 Å². The zero-order valence-corrected chi connectivity index (χ0v) is 16.6. The fourth-order valence-corrected chi connectivity index (χ4v) is 5.13. The summed E-state index contributed by atoms with van der Waals surface area (Å²) in [4.78, 5) is 9.51. The highest BCUT2D eigenvalue weighted by atomic mass is 35.5. The molecule has 3 heterocycles. The molecule has 6 aromatic rings. The number of aromatic nitrogens is 2. The third-order valence-corrected chi connectivity index (χ3v) is 6.67. The predicted molar refractivity (Wildman–Crippen MR) is 118 cm³/mol. The maximum Gasteiger partial charge on any atom is 0.162 e. The fourth-order valence-electron chi connectivity index (χ4n) is 3.66. The van der Waals surface area contributed by atoms with Crippen molar-refractivity contribution in [1.82, 2.24) is 9.97 Å². The van der Waals surface area contributed by atoms with Gasteiger partial charge in [-0.3, -0.25) is 0 Å². The van der Waals surface area contributed by atoms with Crippen LogP contribution in [0.3, 0.4) is 0 Å². The van der Waals surface area contributed by atoms with Gasteiger partial charge in [0.1, 0.15) is 11.2 Å². The Labute approximate surface area is 173 Å². The summed E-state index contributed by atoms with van der Waals surface area (Å²) >= 11 is 14.3. The van der Waals surface area contributed by atoms with Crippen molar-refractivity contribution in [3.05, 3.63) is 70.8 Å². The number of halogens is 2. The van der Waals surface area contributed by atoms with E-state index in [0.29, 0.717) is 16.0 Å². The highest BCUT2D eigenvalue weighted by Gasteiger charge is 2.18. The second kappa shape index (κ2) is 5.92. The molecule has 28 heavy (non-hydrogen) atoms. The van der Waals surface area contributed by atoms with E-state index < -0.39 is 0 Å². The van der Waals surface area contributed by atoms with Gasteiger partial charge in [0.25, 0.3) is 0 Å². The van der Waals surface area contributed by atoms with Gasteiger partial charge >= 0.3 is 0 Å². The number of fused-ring (bicyclic) bond motifs is 6. The summed E-state index contributed by atoms with van der Waals surface area (Å²) in [6.45, 7) is 0. The molecular weight excluding hydrogens is 411 g/mol. The average Bonchev–Trinajstić information content (AvgIpc) is 3.26. The molecule has 6 heteroatoms. The molecule has 0 atom stereocenters. The van der Waals surface area contributed by atoms with Crippen molar-refractivity contribution in [2.75, 3.05) is 0 Å². The third kappa shape index (κ3) is 2.29. The molecule has 0 saturated heterocycles. The van der Waals surface area contributed by atoms with Gasteiger partial charge in [-0.05, 0) is 24.3 Å². The van der Waals surface area contributed by atoms with Gasteiger partial charge in [-0.1, -0.05) is 53.5 Å². The number of thiophene rings is 1. The smallest absolute Gasteiger partial charge is 0.162 e. The van der Waals surface area contributed by atoms with Gasteiger partial charge < -0.3 is 4.42 Å². The Morgan fingerprint density at radius 1 is 0.821 bits per heavy atom. The normalized spacial score (nSPS) is 11.9. The van der Waals surface area contributed by atoms with Crippen LogP contribution in [-0.2, 0) is 0 Å². The van der Waals surface area contributed by atoms with Crippen molar-refractivity contribution in [3.8, 4) is 11.4 Å². The largest absolute Gasteiger partial charge is 0.456 e. The maximum absolute atomic E-state index is 6.57. The number of furan rings is 1. The summed E-state index contributed by atoms with van der Waals surface area (Å²) in [5.74, 6) is 0.587. The molecule has 0 unspecified atom stereocenters. The minimum atomic E-state index is 0.467. The molecule has 0 aliphatic carbocycles. The van der Waals surface area contributed by atoms with Crippen molar-refractivity contribution >= 4 is 76.8 Å². The predicted octanol–water partition coefficient (Wildman–Crippen LogP) is 7.72. The Morgan fingerprint density at radius 2 is 1.71 bits per heavy atom. The fraction of sp³-hybridized carbons (Fsp3) is 0. The molecule has 0 fully saturated rings. The van der Waals surface area contributed by atoms with Gasteiger partial charge in [-0.15, -0.1) is 11.3 Å². The molecular formula is C22H10Cl2N2OS. The lowest BCUT2D eigenvalue weighted by atomic mass is 10.1. The van der Waals surface area contributed by atoms with Crippen LogP contribution < -0.4 is 0 Å². The third-order valence-electron chi connectivity index (χ3n) is 4.88. The minimum absolute atomic E-state index is 0.467. The summed E-state index contributed by atoms with van der Waals surface area (Å²) in [6.07, 6.45) is 0. The molecule has 0 spiro atoms. The first-order chi connectivity index (χ1) is 13.7. The summed E-state index contributed by atoms with van der Waals surface area (Å²) in [5.41, 5.74) is 3.27. The summed E-state index contributed by atoms with van der Waals surface area (Å²) in [6, 6.07) is 19.7. The standard InChI is InChI=1S/C22H10Cl2N2OS/c23-11-8-9-12-16(10-11)27-15-6-3-5-14(18(12)15)22-25-19-13-4-1-2-7-17(13)28-20(19)21(24)26-22/h1-10H. The van der Waals surface area contributed by atoms with Crippen LogP contribution in [0.5, 0.6) is 0 Å². The molecule has 0 N–H and O–H groups in total. The molecule has 134 valence electrons. The molecule has 3 aromatic heterocycles. The first-order valence-electron chi connectivity index (χ1n) is 8.65. The first-order valence-corrected chi connectivity index (χ1v) is 10.2. The Hall–Kier alpha value is -2.66. The van der Waals surface area contributed by atoms with E-state index in [4.69, 9.17) is 32.6 Å². The molecule has 0 amide bonds. The molecule has 6 rings (SSSR count). The Balaban J connectivity index is 1.72. The molecule has 3 aromatic carbocycles. The molecule has 0 saturated carbocycles. The van der Waals surface area contributed by atoms with Crippen molar-refractivity contribution in [1.29, 1.82) is 0 Å². The van der Waals surface area contributed by atoms with Gasteiger partial charge in [0.2, 0.25) is 0 Å². The number of rotatable bonds is 1. The quantitative estimate of drug-likeness (QED) is 0.255. The number of hydrogen-bond donors (Lipinski definition) is 0. The second-order valence-corrected chi connectivity index (χ2v) is 8.38. The summed E-state index contributed by atoms with van der Waals surface area (Å²) < 4.78 is 8.05. The average molecular weight is 421 g/mol. The van der Waals surface area contributed by atoms with Crippen LogP contribution in [0.1, 0.15) is 0 Å². The van der Waals surface area contributed by atoms with Gasteiger partial charge in [0.15, 0.2) is 11.0 Å². The van der Waals surface area contributed by atoms with E-state index in [9.17, 15) is 0 Å². The van der Waals surface area contributed by atoms with Gasteiger partial charge in [0.05, 0.1) is 10.2 Å². The van der Waals surface area contributed by atoms with Crippen molar-refractivity contribution in [2.24, 2.45) is 0 Å². The zero-order valence-electron chi connectivity index (χ0n) is 14.2. The monoisotopic (exact) mass is 420 g/mol.